The lowest BCUT2D eigenvalue weighted by Crippen LogP contribution is -2.27. The molecule has 0 radical (unpaired) electrons. The summed E-state index contributed by atoms with van der Waals surface area (Å²) in [5, 5.41) is -1.25. The zero-order chi connectivity index (χ0) is 13.5. The van der Waals surface area contributed by atoms with E-state index in [9.17, 15) is 17.1 Å². The third kappa shape index (κ3) is 2.51. The summed E-state index contributed by atoms with van der Waals surface area (Å²) in [6, 6.07) is 5.42. The Morgan fingerprint density at radius 3 is 2.67 bits per heavy atom. The van der Waals surface area contributed by atoms with Crippen LogP contribution in [0.15, 0.2) is 18.2 Å². The van der Waals surface area contributed by atoms with E-state index in [2.05, 4.69) is 22.6 Å². The van der Waals surface area contributed by atoms with Crippen molar-refractivity contribution < 1.29 is 17.1 Å². The number of nitrogens with zero attached hydrogens (tertiary/aromatic N) is 1. The van der Waals surface area contributed by atoms with Crippen LogP contribution in [-0.2, 0) is 15.0 Å². The SMILES string of the molecule is Cc1c(I)cccc1N1CC(S(=O)(=O)F)CC1=O. The van der Waals surface area contributed by atoms with Crippen molar-refractivity contribution in [3.05, 3.63) is 27.3 Å². The van der Waals surface area contributed by atoms with E-state index in [1.54, 1.807) is 12.1 Å². The molecule has 1 aliphatic rings. The molecule has 1 aliphatic heterocycles. The Bertz CT molecular complexity index is 602. The van der Waals surface area contributed by atoms with Crippen LogP contribution in [0.5, 0.6) is 0 Å². The molecule has 1 saturated heterocycles. The van der Waals surface area contributed by atoms with Crippen molar-refractivity contribution in [3.8, 4) is 0 Å². The average Bonchev–Trinajstić information content (AvgIpc) is 2.64. The monoisotopic (exact) mass is 383 g/mol. The maximum Gasteiger partial charge on any atom is 0.307 e. The molecule has 98 valence electrons. The maximum absolute atomic E-state index is 12.9. The van der Waals surface area contributed by atoms with E-state index in [1.807, 2.05) is 13.0 Å². The van der Waals surface area contributed by atoms with Crippen LogP contribution in [0.4, 0.5) is 9.57 Å². The molecule has 2 rings (SSSR count). The summed E-state index contributed by atoms with van der Waals surface area (Å²) in [5.74, 6) is -0.355. The number of amides is 1. The number of carbonyl (C=O) groups is 1. The highest BCUT2D eigenvalue weighted by Gasteiger charge is 2.39. The van der Waals surface area contributed by atoms with Gasteiger partial charge in [-0.1, -0.05) is 6.07 Å². The topological polar surface area (TPSA) is 54.5 Å². The maximum atomic E-state index is 12.9. The summed E-state index contributed by atoms with van der Waals surface area (Å²) >= 11 is 2.13. The normalized spacial score (nSPS) is 20.5. The zero-order valence-corrected chi connectivity index (χ0v) is 12.5. The number of hydrogen-bond donors (Lipinski definition) is 0. The van der Waals surface area contributed by atoms with E-state index >= 15 is 0 Å². The molecule has 1 unspecified atom stereocenters. The molecule has 0 bridgehead atoms. The van der Waals surface area contributed by atoms with Gasteiger partial charge in [0.1, 0.15) is 5.25 Å². The number of rotatable bonds is 2. The molecule has 0 aliphatic carbocycles. The van der Waals surface area contributed by atoms with Gasteiger partial charge in [-0.2, -0.15) is 8.42 Å². The van der Waals surface area contributed by atoms with Crippen molar-refractivity contribution >= 4 is 44.4 Å². The van der Waals surface area contributed by atoms with Crippen LogP contribution in [0.25, 0.3) is 0 Å². The van der Waals surface area contributed by atoms with Gasteiger partial charge in [-0.05, 0) is 47.2 Å². The van der Waals surface area contributed by atoms with Gasteiger partial charge in [0.15, 0.2) is 0 Å². The zero-order valence-electron chi connectivity index (χ0n) is 9.56. The van der Waals surface area contributed by atoms with Crippen LogP contribution in [-0.4, -0.2) is 26.1 Å². The standard InChI is InChI=1S/C11H11FINO3S/c1-7-9(13)3-2-4-10(7)14-6-8(5-11(14)15)18(12,16)17/h2-4,8H,5-6H2,1H3. The molecule has 0 spiro atoms. The average molecular weight is 383 g/mol. The quantitative estimate of drug-likeness (QED) is 0.580. The predicted molar refractivity (Wildman–Crippen MR) is 74.7 cm³/mol. The number of hydrogen-bond acceptors (Lipinski definition) is 3. The van der Waals surface area contributed by atoms with Crippen LogP contribution >= 0.6 is 22.6 Å². The molecule has 1 heterocycles. The van der Waals surface area contributed by atoms with Crippen LogP contribution in [0, 0.1) is 10.5 Å². The molecule has 1 amide bonds. The molecule has 1 aromatic rings. The predicted octanol–water partition coefficient (Wildman–Crippen LogP) is 2.00. The fraction of sp³-hybridized carbons (Fsp3) is 0.364. The second-order valence-electron chi connectivity index (χ2n) is 4.19. The minimum absolute atomic E-state index is 0.113. The smallest absolute Gasteiger partial charge is 0.307 e. The highest BCUT2D eigenvalue weighted by atomic mass is 127. The summed E-state index contributed by atoms with van der Waals surface area (Å²) in [7, 11) is -4.66. The first kappa shape index (κ1) is 13.7. The Morgan fingerprint density at radius 1 is 1.44 bits per heavy atom. The van der Waals surface area contributed by atoms with E-state index in [1.165, 1.54) is 4.90 Å². The molecule has 1 aromatic carbocycles. The lowest BCUT2D eigenvalue weighted by Gasteiger charge is -2.19. The fourth-order valence-corrected chi connectivity index (χ4v) is 3.14. The lowest BCUT2D eigenvalue weighted by atomic mass is 10.2. The van der Waals surface area contributed by atoms with Crippen LogP contribution < -0.4 is 4.90 Å². The van der Waals surface area contributed by atoms with Gasteiger partial charge in [-0.3, -0.25) is 4.79 Å². The Morgan fingerprint density at radius 2 is 2.11 bits per heavy atom. The van der Waals surface area contributed by atoms with E-state index in [0.717, 1.165) is 9.13 Å². The highest BCUT2D eigenvalue weighted by molar-refractivity contribution is 14.1. The van der Waals surface area contributed by atoms with Crippen molar-refractivity contribution in [2.75, 3.05) is 11.4 Å². The van der Waals surface area contributed by atoms with E-state index in [-0.39, 0.29) is 18.9 Å². The van der Waals surface area contributed by atoms with Gasteiger partial charge < -0.3 is 4.90 Å². The lowest BCUT2D eigenvalue weighted by molar-refractivity contribution is -0.117. The van der Waals surface area contributed by atoms with Crippen molar-refractivity contribution in [3.63, 3.8) is 0 Å². The molecule has 7 heteroatoms. The second kappa shape index (κ2) is 4.76. The summed E-state index contributed by atoms with van der Waals surface area (Å²) in [6.45, 7) is 1.74. The molecule has 0 aromatic heterocycles. The number of benzene rings is 1. The van der Waals surface area contributed by atoms with Gasteiger partial charge in [0.2, 0.25) is 5.91 Å². The summed E-state index contributed by atoms with van der Waals surface area (Å²) in [6.07, 6.45) is -0.288. The highest BCUT2D eigenvalue weighted by Crippen LogP contribution is 2.30. The summed E-state index contributed by atoms with van der Waals surface area (Å²) < 4.78 is 35.6. The summed E-state index contributed by atoms with van der Waals surface area (Å²) in [4.78, 5) is 13.1. The van der Waals surface area contributed by atoms with Gasteiger partial charge in [0.05, 0.1) is 0 Å². The largest absolute Gasteiger partial charge is 0.311 e. The third-order valence-corrected chi connectivity index (χ3v) is 5.30. The molecular formula is C11H11FINO3S. The number of anilines is 1. The van der Waals surface area contributed by atoms with E-state index < -0.39 is 15.5 Å². The minimum Gasteiger partial charge on any atom is -0.311 e. The van der Waals surface area contributed by atoms with Crippen molar-refractivity contribution in [2.45, 2.75) is 18.6 Å². The number of halogens is 2. The molecule has 1 fully saturated rings. The second-order valence-corrected chi connectivity index (χ2v) is 6.97. The Labute approximate surface area is 119 Å². The fourth-order valence-electron chi connectivity index (χ4n) is 1.98. The molecule has 1 atom stereocenters. The van der Waals surface area contributed by atoms with E-state index in [0.29, 0.717) is 5.69 Å². The van der Waals surface area contributed by atoms with Crippen molar-refractivity contribution in [1.29, 1.82) is 0 Å². The van der Waals surface area contributed by atoms with Crippen molar-refractivity contribution in [1.82, 2.24) is 0 Å². The molecule has 18 heavy (non-hydrogen) atoms. The summed E-state index contributed by atoms with van der Waals surface area (Å²) in [5.41, 5.74) is 1.54. The third-order valence-electron chi connectivity index (χ3n) is 3.02. The molecule has 0 saturated carbocycles. The first-order valence-corrected chi connectivity index (χ1v) is 7.82. The number of carbonyl (C=O) groups excluding carboxylic acids is 1. The Kier molecular flexibility index (Phi) is 3.63. The Hall–Kier alpha value is -0.700. The molecular weight excluding hydrogens is 372 g/mol. The molecule has 0 N–H and O–H groups in total. The minimum atomic E-state index is -4.66. The van der Waals surface area contributed by atoms with E-state index in [4.69, 9.17) is 0 Å². The van der Waals surface area contributed by atoms with Crippen molar-refractivity contribution in [2.24, 2.45) is 0 Å². The Balaban J connectivity index is 2.36. The van der Waals surface area contributed by atoms with Crippen LogP contribution in [0.1, 0.15) is 12.0 Å². The van der Waals surface area contributed by atoms with Gasteiger partial charge in [0, 0.05) is 22.2 Å². The van der Waals surface area contributed by atoms with Gasteiger partial charge in [-0.25, -0.2) is 0 Å². The van der Waals surface area contributed by atoms with Crippen LogP contribution in [0.2, 0.25) is 0 Å². The van der Waals surface area contributed by atoms with Gasteiger partial charge in [-0.15, -0.1) is 3.89 Å². The van der Waals surface area contributed by atoms with Gasteiger partial charge in [0.25, 0.3) is 0 Å². The van der Waals surface area contributed by atoms with Gasteiger partial charge >= 0.3 is 10.2 Å². The first-order chi connectivity index (χ1) is 8.30. The van der Waals surface area contributed by atoms with Crippen LogP contribution in [0.3, 0.4) is 0 Å². The first-order valence-electron chi connectivity index (χ1n) is 5.29. The molecule has 4 nitrogen and oxygen atoms in total.